The van der Waals surface area contributed by atoms with Crippen molar-refractivity contribution in [2.75, 3.05) is 0 Å². The molecule has 1 N–H and O–H groups in total. The normalized spacial score (nSPS) is 13.3. The molecule has 1 aromatic heterocycles. The Balaban J connectivity index is 2.86. The number of aliphatic hydroxyl groups is 1. The molecule has 4 heteroatoms. The summed E-state index contributed by atoms with van der Waals surface area (Å²) in [6.45, 7) is 3.61. The Labute approximate surface area is 77.2 Å². The molecule has 0 aliphatic heterocycles. The van der Waals surface area contributed by atoms with Crippen LogP contribution in [0.25, 0.3) is 0 Å². The first-order chi connectivity index (χ1) is 6.04. The van der Waals surface area contributed by atoms with Crippen LogP contribution in [0.5, 0.6) is 0 Å². The second-order valence-electron chi connectivity index (χ2n) is 3.39. The number of carbonyl (C=O) groups is 1. The Morgan fingerprint density at radius 2 is 2.23 bits per heavy atom. The number of rotatable bonds is 3. The van der Waals surface area contributed by atoms with Gasteiger partial charge in [0.05, 0.1) is 0 Å². The molecule has 1 unspecified atom stereocenters. The average molecular weight is 182 g/mol. The van der Waals surface area contributed by atoms with Gasteiger partial charge in [0.25, 0.3) is 0 Å². The van der Waals surface area contributed by atoms with Crippen LogP contribution in [-0.4, -0.2) is 26.8 Å². The maximum atomic E-state index is 11.6. The first kappa shape index (κ1) is 9.92. The third kappa shape index (κ3) is 1.95. The fourth-order valence-electron chi connectivity index (χ4n) is 1.07. The highest BCUT2D eigenvalue weighted by Crippen LogP contribution is 2.08. The van der Waals surface area contributed by atoms with E-state index in [0.717, 1.165) is 0 Å². The zero-order chi connectivity index (χ0) is 10.0. The molecule has 1 heterocycles. The molecule has 13 heavy (non-hydrogen) atoms. The summed E-state index contributed by atoms with van der Waals surface area (Å²) >= 11 is 0. The van der Waals surface area contributed by atoms with Gasteiger partial charge in [0, 0.05) is 13.2 Å². The maximum Gasteiger partial charge on any atom is 0.209 e. The number of hydrogen-bond acceptors (Lipinski definition) is 3. The van der Waals surface area contributed by atoms with Gasteiger partial charge in [-0.25, -0.2) is 0 Å². The molecule has 0 amide bonds. The van der Waals surface area contributed by atoms with E-state index in [9.17, 15) is 9.90 Å². The van der Waals surface area contributed by atoms with Crippen LogP contribution in [0.2, 0.25) is 0 Å². The van der Waals surface area contributed by atoms with Crippen LogP contribution in [0, 0.1) is 5.92 Å². The van der Waals surface area contributed by atoms with Crippen molar-refractivity contribution < 1.29 is 9.90 Å². The third-order valence-corrected chi connectivity index (χ3v) is 1.97. The molecule has 0 fully saturated rings. The van der Waals surface area contributed by atoms with Gasteiger partial charge in [0.2, 0.25) is 5.78 Å². The van der Waals surface area contributed by atoms with Crippen molar-refractivity contribution in [1.82, 2.24) is 9.78 Å². The smallest absolute Gasteiger partial charge is 0.209 e. The number of aryl methyl sites for hydroxylation is 1. The van der Waals surface area contributed by atoms with Crippen LogP contribution in [-0.2, 0) is 7.05 Å². The lowest BCUT2D eigenvalue weighted by Crippen LogP contribution is -2.27. The molecule has 1 atom stereocenters. The summed E-state index contributed by atoms with van der Waals surface area (Å²) < 4.78 is 1.47. The summed E-state index contributed by atoms with van der Waals surface area (Å²) in [6, 6.07) is 1.61. The average Bonchev–Trinajstić information content (AvgIpc) is 2.48. The van der Waals surface area contributed by atoms with E-state index in [-0.39, 0.29) is 11.7 Å². The van der Waals surface area contributed by atoms with E-state index >= 15 is 0 Å². The standard InChI is InChI=1S/C9H14N2O2/c1-6(2)8(12)9(13)7-4-5-10-11(7)3/h4-6,8,12H,1-3H3. The third-order valence-electron chi connectivity index (χ3n) is 1.97. The number of ketones is 1. The summed E-state index contributed by atoms with van der Waals surface area (Å²) in [5.74, 6) is -0.336. The first-order valence-corrected chi connectivity index (χ1v) is 4.24. The molecule has 0 radical (unpaired) electrons. The van der Waals surface area contributed by atoms with Crippen molar-refractivity contribution in [3.63, 3.8) is 0 Å². The highest BCUT2D eigenvalue weighted by Gasteiger charge is 2.22. The van der Waals surface area contributed by atoms with Crippen LogP contribution in [0.3, 0.4) is 0 Å². The second kappa shape index (κ2) is 3.70. The van der Waals surface area contributed by atoms with Crippen LogP contribution in [0.4, 0.5) is 0 Å². The molecule has 0 aliphatic carbocycles. The molecule has 1 rings (SSSR count). The van der Waals surface area contributed by atoms with Crippen LogP contribution in [0.1, 0.15) is 24.3 Å². The number of Topliss-reactive ketones (excluding diaryl/α,β-unsaturated/α-hetero) is 1. The van der Waals surface area contributed by atoms with Gasteiger partial charge in [-0.05, 0) is 12.0 Å². The summed E-state index contributed by atoms with van der Waals surface area (Å²) in [4.78, 5) is 11.6. The van der Waals surface area contributed by atoms with E-state index in [0.29, 0.717) is 5.69 Å². The van der Waals surface area contributed by atoms with E-state index in [1.54, 1.807) is 33.2 Å². The van der Waals surface area contributed by atoms with Crippen molar-refractivity contribution in [1.29, 1.82) is 0 Å². The Hall–Kier alpha value is -1.16. The summed E-state index contributed by atoms with van der Waals surface area (Å²) in [5.41, 5.74) is 0.446. The Morgan fingerprint density at radius 1 is 1.62 bits per heavy atom. The van der Waals surface area contributed by atoms with Crippen LogP contribution >= 0.6 is 0 Å². The van der Waals surface area contributed by atoms with Gasteiger partial charge in [-0.15, -0.1) is 0 Å². The number of nitrogens with zero attached hydrogens (tertiary/aromatic N) is 2. The van der Waals surface area contributed by atoms with E-state index in [2.05, 4.69) is 5.10 Å². The molecular formula is C9H14N2O2. The zero-order valence-electron chi connectivity index (χ0n) is 8.06. The maximum absolute atomic E-state index is 11.6. The lowest BCUT2D eigenvalue weighted by molar-refractivity contribution is 0.0637. The molecule has 0 bridgehead atoms. The molecule has 4 nitrogen and oxygen atoms in total. The minimum absolute atomic E-state index is 0.0672. The molecule has 0 saturated heterocycles. The van der Waals surface area contributed by atoms with Gasteiger partial charge in [-0.2, -0.15) is 5.10 Å². The van der Waals surface area contributed by atoms with Crippen molar-refractivity contribution in [3.05, 3.63) is 18.0 Å². The van der Waals surface area contributed by atoms with E-state index in [4.69, 9.17) is 0 Å². The van der Waals surface area contributed by atoms with E-state index < -0.39 is 6.10 Å². The highest BCUT2D eigenvalue weighted by molar-refractivity contribution is 5.97. The van der Waals surface area contributed by atoms with Crippen LogP contribution in [0.15, 0.2) is 12.3 Å². The predicted octanol–water partition coefficient (Wildman–Crippen LogP) is 0.620. The lowest BCUT2D eigenvalue weighted by atomic mass is 10.0. The summed E-state index contributed by atoms with van der Waals surface area (Å²) in [6.07, 6.45) is 0.607. The van der Waals surface area contributed by atoms with Gasteiger partial charge in [0.15, 0.2) is 0 Å². The van der Waals surface area contributed by atoms with Crippen LogP contribution < -0.4 is 0 Å². The number of hydrogen-bond donors (Lipinski definition) is 1. The Bertz CT molecular complexity index is 304. The topological polar surface area (TPSA) is 55.1 Å². The Kier molecular flexibility index (Phi) is 2.83. The molecule has 0 saturated carbocycles. The van der Waals surface area contributed by atoms with Crippen molar-refractivity contribution >= 4 is 5.78 Å². The quantitative estimate of drug-likeness (QED) is 0.697. The zero-order valence-corrected chi connectivity index (χ0v) is 8.06. The highest BCUT2D eigenvalue weighted by atomic mass is 16.3. The molecule has 72 valence electrons. The van der Waals surface area contributed by atoms with Gasteiger partial charge >= 0.3 is 0 Å². The van der Waals surface area contributed by atoms with Gasteiger partial charge in [-0.3, -0.25) is 9.48 Å². The molecule has 1 aromatic rings. The number of aromatic nitrogens is 2. The fourth-order valence-corrected chi connectivity index (χ4v) is 1.07. The Morgan fingerprint density at radius 3 is 2.62 bits per heavy atom. The van der Waals surface area contributed by atoms with Gasteiger partial charge in [-0.1, -0.05) is 13.8 Å². The predicted molar refractivity (Wildman–Crippen MR) is 48.4 cm³/mol. The van der Waals surface area contributed by atoms with Crippen molar-refractivity contribution in [2.24, 2.45) is 13.0 Å². The van der Waals surface area contributed by atoms with E-state index in [1.807, 2.05) is 0 Å². The fraction of sp³-hybridized carbons (Fsp3) is 0.556. The number of aliphatic hydroxyl groups excluding tert-OH is 1. The van der Waals surface area contributed by atoms with Crippen molar-refractivity contribution in [2.45, 2.75) is 20.0 Å². The van der Waals surface area contributed by atoms with Gasteiger partial charge < -0.3 is 5.11 Å². The van der Waals surface area contributed by atoms with Crippen molar-refractivity contribution in [3.8, 4) is 0 Å². The summed E-state index contributed by atoms with van der Waals surface area (Å²) in [7, 11) is 1.68. The molecule has 0 aliphatic rings. The molecule has 0 spiro atoms. The number of carbonyl (C=O) groups excluding carboxylic acids is 1. The monoisotopic (exact) mass is 182 g/mol. The lowest BCUT2D eigenvalue weighted by Gasteiger charge is -2.12. The molecule has 0 aromatic carbocycles. The van der Waals surface area contributed by atoms with E-state index in [1.165, 1.54) is 4.68 Å². The molecular weight excluding hydrogens is 168 g/mol. The largest absolute Gasteiger partial charge is 0.385 e. The second-order valence-corrected chi connectivity index (χ2v) is 3.39. The minimum atomic E-state index is -0.935. The first-order valence-electron chi connectivity index (χ1n) is 4.24. The summed E-state index contributed by atoms with van der Waals surface area (Å²) in [5, 5.41) is 13.4. The SMILES string of the molecule is CC(C)C(O)C(=O)c1ccnn1C. The van der Waals surface area contributed by atoms with Gasteiger partial charge in [0.1, 0.15) is 11.8 Å². The minimum Gasteiger partial charge on any atom is -0.385 e.